The fourth-order valence-electron chi connectivity index (χ4n) is 3.09. The van der Waals surface area contributed by atoms with E-state index in [4.69, 9.17) is 17.3 Å². The van der Waals surface area contributed by atoms with Crippen LogP contribution in [0.1, 0.15) is 31.2 Å². The molecule has 106 valence electrons. The average molecular weight is 285 g/mol. The van der Waals surface area contributed by atoms with Gasteiger partial charge in [-0.1, -0.05) is 30.5 Å². The second-order valence-electron chi connectivity index (χ2n) is 5.51. The Balaban J connectivity index is 2.02. The highest BCUT2D eigenvalue weighted by Gasteiger charge is 2.27. The molecule has 2 N–H and O–H groups in total. The summed E-state index contributed by atoms with van der Waals surface area (Å²) in [6.45, 7) is 1.54. The first-order chi connectivity index (χ1) is 9.11. The lowest BCUT2D eigenvalue weighted by atomic mass is 9.83. The zero-order valence-electron chi connectivity index (χ0n) is 11.4. The number of nitrogens with zero attached hydrogens (tertiary/aromatic N) is 1. The molecule has 0 aromatic heterocycles. The van der Waals surface area contributed by atoms with E-state index in [2.05, 4.69) is 11.9 Å². The quantitative estimate of drug-likeness (QED) is 0.918. The van der Waals surface area contributed by atoms with Gasteiger partial charge < -0.3 is 5.73 Å². The van der Waals surface area contributed by atoms with Crippen LogP contribution >= 0.6 is 11.6 Å². The van der Waals surface area contributed by atoms with Crippen LogP contribution in [-0.4, -0.2) is 24.5 Å². The van der Waals surface area contributed by atoms with Crippen molar-refractivity contribution in [2.45, 2.75) is 38.3 Å². The first-order valence-corrected chi connectivity index (χ1v) is 7.34. The molecule has 2 unspecified atom stereocenters. The summed E-state index contributed by atoms with van der Waals surface area (Å²) in [6, 6.07) is 5.49. The molecule has 0 radical (unpaired) electrons. The van der Waals surface area contributed by atoms with Crippen molar-refractivity contribution in [2.24, 2.45) is 11.7 Å². The summed E-state index contributed by atoms with van der Waals surface area (Å²) in [5.41, 5.74) is 6.92. The van der Waals surface area contributed by atoms with Gasteiger partial charge >= 0.3 is 0 Å². The minimum Gasteiger partial charge on any atom is -0.330 e. The maximum absolute atomic E-state index is 13.1. The van der Waals surface area contributed by atoms with Crippen LogP contribution in [-0.2, 0) is 6.54 Å². The summed E-state index contributed by atoms with van der Waals surface area (Å²) < 4.78 is 13.1. The number of hydrogen-bond acceptors (Lipinski definition) is 2. The van der Waals surface area contributed by atoms with Gasteiger partial charge in [-0.2, -0.15) is 0 Å². The van der Waals surface area contributed by atoms with E-state index in [-0.39, 0.29) is 10.8 Å². The summed E-state index contributed by atoms with van der Waals surface area (Å²) in [5.74, 6) is 0.222. The molecule has 2 rings (SSSR count). The van der Waals surface area contributed by atoms with Gasteiger partial charge in [0.2, 0.25) is 0 Å². The Bertz CT molecular complexity index is 425. The second-order valence-corrected chi connectivity index (χ2v) is 5.92. The van der Waals surface area contributed by atoms with E-state index in [1.54, 1.807) is 12.1 Å². The minimum atomic E-state index is -0.356. The third kappa shape index (κ3) is 3.68. The number of benzene rings is 1. The number of nitrogens with two attached hydrogens (primary N) is 1. The van der Waals surface area contributed by atoms with E-state index in [1.807, 2.05) is 0 Å². The van der Waals surface area contributed by atoms with Gasteiger partial charge in [0.25, 0.3) is 0 Å². The fourth-order valence-corrected chi connectivity index (χ4v) is 3.29. The zero-order chi connectivity index (χ0) is 13.8. The van der Waals surface area contributed by atoms with E-state index in [1.165, 1.54) is 31.7 Å². The number of rotatable bonds is 4. The Morgan fingerprint density at radius 1 is 1.37 bits per heavy atom. The van der Waals surface area contributed by atoms with E-state index < -0.39 is 0 Å². The standard InChI is InChI=1S/C15H22ClFN2/c1-19(15-5-3-2-4-12(15)9-18)10-11-6-7-14(17)13(16)8-11/h6-8,12,15H,2-5,9-10,18H2,1H3. The Labute approximate surface area is 119 Å². The van der Waals surface area contributed by atoms with Crippen molar-refractivity contribution in [1.82, 2.24) is 4.90 Å². The van der Waals surface area contributed by atoms with Gasteiger partial charge in [-0.25, -0.2) is 4.39 Å². The molecule has 1 aliphatic carbocycles. The van der Waals surface area contributed by atoms with Crippen LogP contribution in [0.25, 0.3) is 0 Å². The molecular weight excluding hydrogens is 263 g/mol. The first kappa shape index (κ1) is 14.8. The first-order valence-electron chi connectivity index (χ1n) is 6.96. The second kappa shape index (κ2) is 6.69. The number of halogens is 2. The van der Waals surface area contributed by atoms with Gasteiger partial charge in [0, 0.05) is 12.6 Å². The summed E-state index contributed by atoms with van der Waals surface area (Å²) in [4.78, 5) is 2.33. The van der Waals surface area contributed by atoms with Crippen molar-refractivity contribution in [3.05, 3.63) is 34.6 Å². The molecule has 0 aliphatic heterocycles. The highest BCUT2D eigenvalue weighted by Crippen LogP contribution is 2.28. The lowest BCUT2D eigenvalue weighted by Gasteiger charge is -2.37. The van der Waals surface area contributed by atoms with E-state index in [0.717, 1.165) is 18.7 Å². The summed E-state index contributed by atoms with van der Waals surface area (Å²) in [5, 5.41) is 0.199. The van der Waals surface area contributed by atoms with Crippen LogP contribution in [0.4, 0.5) is 4.39 Å². The van der Waals surface area contributed by atoms with Crippen LogP contribution in [0.5, 0.6) is 0 Å². The molecule has 2 atom stereocenters. The van der Waals surface area contributed by atoms with Crippen molar-refractivity contribution in [3.63, 3.8) is 0 Å². The molecule has 1 aromatic carbocycles. The molecule has 1 aromatic rings. The predicted octanol–water partition coefficient (Wildman–Crippen LogP) is 3.43. The third-order valence-electron chi connectivity index (χ3n) is 4.15. The molecule has 0 spiro atoms. The number of hydrogen-bond donors (Lipinski definition) is 1. The summed E-state index contributed by atoms with van der Waals surface area (Å²) in [6.07, 6.45) is 4.98. The smallest absolute Gasteiger partial charge is 0.141 e. The van der Waals surface area contributed by atoms with Gasteiger partial charge in [0.15, 0.2) is 0 Å². The topological polar surface area (TPSA) is 29.3 Å². The minimum absolute atomic E-state index is 0.199. The van der Waals surface area contributed by atoms with Gasteiger partial charge in [-0.15, -0.1) is 0 Å². The SMILES string of the molecule is CN(Cc1ccc(F)c(Cl)c1)C1CCCCC1CN. The van der Waals surface area contributed by atoms with Crippen LogP contribution in [0, 0.1) is 11.7 Å². The Hall–Kier alpha value is -0.640. The third-order valence-corrected chi connectivity index (χ3v) is 4.44. The molecule has 1 fully saturated rings. The molecule has 1 aliphatic rings. The van der Waals surface area contributed by atoms with E-state index in [9.17, 15) is 4.39 Å². The predicted molar refractivity (Wildman–Crippen MR) is 77.7 cm³/mol. The highest BCUT2D eigenvalue weighted by molar-refractivity contribution is 6.30. The van der Waals surface area contributed by atoms with Crippen molar-refractivity contribution in [3.8, 4) is 0 Å². The van der Waals surface area contributed by atoms with Gasteiger partial charge in [0.05, 0.1) is 5.02 Å². The van der Waals surface area contributed by atoms with Crippen molar-refractivity contribution >= 4 is 11.6 Å². The average Bonchev–Trinajstić information content (AvgIpc) is 2.43. The maximum atomic E-state index is 13.1. The molecule has 0 amide bonds. The van der Waals surface area contributed by atoms with Crippen LogP contribution < -0.4 is 5.73 Å². The largest absolute Gasteiger partial charge is 0.330 e. The Kier molecular flexibility index (Phi) is 5.20. The molecule has 4 heteroatoms. The molecule has 0 heterocycles. The van der Waals surface area contributed by atoms with Gasteiger partial charge in [0.1, 0.15) is 5.82 Å². The molecule has 1 saturated carbocycles. The Morgan fingerprint density at radius 2 is 2.11 bits per heavy atom. The summed E-state index contributed by atoms with van der Waals surface area (Å²) >= 11 is 5.83. The van der Waals surface area contributed by atoms with E-state index >= 15 is 0 Å². The van der Waals surface area contributed by atoms with Crippen LogP contribution in [0.2, 0.25) is 5.02 Å². The van der Waals surface area contributed by atoms with Crippen molar-refractivity contribution in [1.29, 1.82) is 0 Å². The molecule has 19 heavy (non-hydrogen) atoms. The van der Waals surface area contributed by atoms with Crippen molar-refractivity contribution in [2.75, 3.05) is 13.6 Å². The lowest BCUT2D eigenvalue weighted by Crippen LogP contribution is -2.42. The van der Waals surface area contributed by atoms with Crippen LogP contribution in [0.3, 0.4) is 0 Å². The maximum Gasteiger partial charge on any atom is 0.141 e. The summed E-state index contributed by atoms with van der Waals surface area (Å²) in [7, 11) is 2.12. The monoisotopic (exact) mass is 284 g/mol. The lowest BCUT2D eigenvalue weighted by molar-refractivity contribution is 0.127. The molecule has 0 saturated heterocycles. The van der Waals surface area contributed by atoms with Crippen molar-refractivity contribution < 1.29 is 4.39 Å². The molecule has 2 nitrogen and oxygen atoms in total. The fraction of sp³-hybridized carbons (Fsp3) is 0.600. The molecular formula is C15H22ClFN2. The Morgan fingerprint density at radius 3 is 2.79 bits per heavy atom. The van der Waals surface area contributed by atoms with Gasteiger partial charge in [-0.05, 0) is 50.0 Å². The van der Waals surface area contributed by atoms with Crippen LogP contribution in [0.15, 0.2) is 18.2 Å². The normalized spacial score (nSPS) is 23.8. The highest BCUT2D eigenvalue weighted by atomic mass is 35.5. The molecule has 0 bridgehead atoms. The van der Waals surface area contributed by atoms with Gasteiger partial charge in [-0.3, -0.25) is 4.90 Å². The zero-order valence-corrected chi connectivity index (χ0v) is 12.2. The van der Waals surface area contributed by atoms with E-state index in [0.29, 0.717) is 12.0 Å².